The van der Waals surface area contributed by atoms with Gasteiger partial charge in [0.2, 0.25) is 0 Å². The average molecular weight is 369 g/mol. The molecule has 1 aliphatic heterocycles. The number of hydrogen-bond donors (Lipinski definition) is 1. The van der Waals surface area contributed by atoms with Crippen LogP contribution in [0.3, 0.4) is 0 Å². The smallest absolute Gasteiger partial charge is 0.259 e. The quantitative estimate of drug-likeness (QED) is 0.770. The Morgan fingerprint density at radius 3 is 2.62 bits per heavy atom. The van der Waals surface area contributed by atoms with Gasteiger partial charge in [0.05, 0.1) is 28.5 Å². The van der Waals surface area contributed by atoms with Gasteiger partial charge in [0.25, 0.3) is 5.91 Å². The lowest BCUT2D eigenvalue weighted by Gasteiger charge is -2.11. The summed E-state index contributed by atoms with van der Waals surface area (Å²) in [5, 5.41) is 7.29. The minimum absolute atomic E-state index is 0.0444. The fourth-order valence-electron chi connectivity index (χ4n) is 2.95. The van der Waals surface area contributed by atoms with Crippen molar-refractivity contribution >= 4 is 22.5 Å². The number of halogens is 1. The first kappa shape index (κ1) is 16.7. The van der Waals surface area contributed by atoms with Crippen LogP contribution in [0.15, 0.2) is 48.5 Å². The Bertz CT molecular complexity index is 1030. The summed E-state index contributed by atoms with van der Waals surface area (Å²) in [7, 11) is -1.03. The zero-order valence-corrected chi connectivity index (χ0v) is 14.8. The molecule has 1 atom stereocenters. The fraction of sp³-hybridized carbons (Fsp3) is 0.158. The molecular weight excluding hydrogens is 353 g/mol. The van der Waals surface area contributed by atoms with Crippen LogP contribution >= 0.6 is 0 Å². The van der Waals surface area contributed by atoms with Gasteiger partial charge in [-0.15, -0.1) is 0 Å². The van der Waals surface area contributed by atoms with Gasteiger partial charge >= 0.3 is 0 Å². The SMILES string of the molecule is Cc1ccc(-n2nc3c(c2NC(=O)c2ccccc2F)CS(=O)C3)cc1. The molecule has 0 spiro atoms. The highest BCUT2D eigenvalue weighted by Gasteiger charge is 2.28. The van der Waals surface area contributed by atoms with Crippen molar-refractivity contribution in [2.45, 2.75) is 18.4 Å². The molecule has 132 valence electrons. The van der Waals surface area contributed by atoms with E-state index < -0.39 is 22.5 Å². The molecule has 0 bridgehead atoms. The number of rotatable bonds is 3. The highest BCUT2D eigenvalue weighted by molar-refractivity contribution is 7.83. The van der Waals surface area contributed by atoms with Crippen LogP contribution in [0.2, 0.25) is 0 Å². The van der Waals surface area contributed by atoms with Gasteiger partial charge in [-0.25, -0.2) is 9.07 Å². The van der Waals surface area contributed by atoms with E-state index in [4.69, 9.17) is 0 Å². The monoisotopic (exact) mass is 369 g/mol. The second kappa shape index (κ2) is 6.49. The van der Waals surface area contributed by atoms with E-state index in [1.165, 1.54) is 18.2 Å². The van der Waals surface area contributed by atoms with E-state index in [1.807, 2.05) is 31.2 Å². The van der Waals surface area contributed by atoms with Gasteiger partial charge in [-0.2, -0.15) is 5.10 Å². The first-order chi connectivity index (χ1) is 12.5. The van der Waals surface area contributed by atoms with E-state index in [9.17, 15) is 13.4 Å². The number of benzene rings is 2. The summed E-state index contributed by atoms with van der Waals surface area (Å²) in [4.78, 5) is 12.6. The Morgan fingerprint density at radius 1 is 1.15 bits per heavy atom. The molecule has 0 saturated carbocycles. The number of nitrogens with zero attached hydrogens (tertiary/aromatic N) is 2. The summed E-state index contributed by atoms with van der Waals surface area (Å²) in [6.45, 7) is 1.98. The zero-order chi connectivity index (χ0) is 18.3. The van der Waals surface area contributed by atoms with Crippen molar-refractivity contribution in [2.75, 3.05) is 5.32 Å². The second-order valence-electron chi connectivity index (χ2n) is 6.18. The summed E-state index contributed by atoms with van der Waals surface area (Å²) >= 11 is 0. The van der Waals surface area contributed by atoms with E-state index in [0.29, 0.717) is 23.0 Å². The van der Waals surface area contributed by atoms with E-state index >= 15 is 0 Å². The van der Waals surface area contributed by atoms with Crippen LogP contribution in [0.1, 0.15) is 27.2 Å². The van der Waals surface area contributed by atoms with E-state index in [2.05, 4.69) is 10.4 Å². The van der Waals surface area contributed by atoms with Crippen LogP contribution < -0.4 is 5.32 Å². The molecule has 1 aliphatic rings. The molecule has 2 aromatic carbocycles. The Kier molecular flexibility index (Phi) is 4.16. The minimum Gasteiger partial charge on any atom is -0.306 e. The molecule has 1 N–H and O–H groups in total. The first-order valence-corrected chi connectivity index (χ1v) is 9.60. The number of amides is 1. The molecule has 0 radical (unpaired) electrons. The van der Waals surface area contributed by atoms with Crippen molar-refractivity contribution in [3.8, 4) is 5.69 Å². The van der Waals surface area contributed by atoms with Crippen molar-refractivity contribution in [3.05, 3.63) is 76.7 Å². The highest BCUT2D eigenvalue weighted by Crippen LogP contribution is 2.31. The normalized spacial score (nSPS) is 15.7. The van der Waals surface area contributed by atoms with Gasteiger partial charge in [0.15, 0.2) is 0 Å². The standard InChI is InChI=1S/C19H16FN3O2S/c1-12-6-8-13(9-7-12)23-18(15-10-26(25)11-17(15)22-23)21-19(24)14-4-2-3-5-16(14)20/h2-9H,10-11H2,1H3,(H,21,24). The molecule has 1 aromatic heterocycles. The predicted octanol–water partition coefficient (Wildman–Crippen LogP) is 3.33. The molecule has 1 unspecified atom stereocenters. The van der Waals surface area contributed by atoms with Crippen molar-refractivity contribution in [1.29, 1.82) is 0 Å². The third-order valence-electron chi connectivity index (χ3n) is 4.30. The maximum atomic E-state index is 13.9. The molecule has 7 heteroatoms. The number of anilines is 1. The van der Waals surface area contributed by atoms with E-state index in [1.54, 1.807) is 10.7 Å². The van der Waals surface area contributed by atoms with Crippen LogP contribution in [0.25, 0.3) is 5.69 Å². The minimum atomic E-state index is -1.03. The van der Waals surface area contributed by atoms with Crippen molar-refractivity contribution in [2.24, 2.45) is 0 Å². The molecule has 4 rings (SSSR count). The Hall–Kier alpha value is -2.80. The van der Waals surface area contributed by atoms with Gasteiger partial charge in [-0.1, -0.05) is 29.8 Å². The molecular formula is C19H16FN3O2S. The number of fused-ring (bicyclic) bond motifs is 1. The van der Waals surface area contributed by atoms with E-state index in [-0.39, 0.29) is 5.56 Å². The summed E-state index contributed by atoms with van der Waals surface area (Å²) in [5.74, 6) is -0.0170. The highest BCUT2D eigenvalue weighted by atomic mass is 32.2. The lowest BCUT2D eigenvalue weighted by Crippen LogP contribution is -2.17. The Labute approximate surface area is 152 Å². The molecule has 0 aliphatic carbocycles. The van der Waals surface area contributed by atoms with Gasteiger partial charge in [-0.3, -0.25) is 9.00 Å². The molecule has 26 heavy (non-hydrogen) atoms. The molecule has 2 heterocycles. The molecule has 1 amide bonds. The van der Waals surface area contributed by atoms with Crippen molar-refractivity contribution in [3.63, 3.8) is 0 Å². The number of carbonyl (C=O) groups is 1. The van der Waals surface area contributed by atoms with Crippen LogP contribution in [0.5, 0.6) is 0 Å². The predicted molar refractivity (Wildman–Crippen MR) is 98.2 cm³/mol. The molecule has 3 aromatic rings. The largest absolute Gasteiger partial charge is 0.306 e. The number of carbonyl (C=O) groups excluding carboxylic acids is 1. The second-order valence-corrected chi connectivity index (χ2v) is 7.64. The zero-order valence-electron chi connectivity index (χ0n) is 14.0. The van der Waals surface area contributed by atoms with Crippen molar-refractivity contribution in [1.82, 2.24) is 9.78 Å². The van der Waals surface area contributed by atoms with Crippen molar-refractivity contribution < 1.29 is 13.4 Å². The van der Waals surface area contributed by atoms with Crippen LogP contribution in [0.4, 0.5) is 10.2 Å². The van der Waals surface area contributed by atoms with Gasteiger partial charge in [-0.05, 0) is 31.2 Å². The van der Waals surface area contributed by atoms with Crippen LogP contribution in [-0.2, 0) is 22.3 Å². The Morgan fingerprint density at radius 2 is 1.88 bits per heavy atom. The number of nitrogens with one attached hydrogen (secondary N) is 1. The van der Waals surface area contributed by atoms with E-state index in [0.717, 1.165) is 16.8 Å². The van der Waals surface area contributed by atoms with Crippen LogP contribution in [-0.4, -0.2) is 19.9 Å². The summed E-state index contributed by atoms with van der Waals surface area (Å²) in [5.41, 5.74) is 3.28. The third-order valence-corrected chi connectivity index (χ3v) is 5.50. The average Bonchev–Trinajstić information content (AvgIpc) is 3.13. The molecule has 0 saturated heterocycles. The van der Waals surface area contributed by atoms with Gasteiger partial charge in [0.1, 0.15) is 11.6 Å². The maximum Gasteiger partial charge on any atom is 0.259 e. The first-order valence-electron chi connectivity index (χ1n) is 8.11. The summed E-state index contributed by atoms with van der Waals surface area (Å²) in [6.07, 6.45) is 0. The Balaban J connectivity index is 1.77. The maximum absolute atomic E-state index is 13.9. The topological polar surface area (TPSA) is 64.0 Å². The number of aryl methyl sites for hydroxylation is 1. The lowest BCUT2D eigenvalue weighted by molar-refractivity contribution is 0.102. The van der Waals surface area contributed by atoms with Gasteiger partial charge in [0, 0.05) is 16.4 Å². The lowest BCUT2D eigenvalue weighted by atomic mass is 10.2. The third kappa shape index (κ3) is 2.94. The van der Waals surface area contributed by atoms with Crippen LogP contribution in [0, 0.1) is 12.7 Å². The summed E-state index contributed by atoms with van der Waals surface area (Å²) in [6, 6.07) is 13.5. The molecule has 0 fully saturated rings. The number of hydrogen-bond acceptors (Lipinski definition) is 3. The fourth-order valence-corrected chi connectivity index (χ4v) is 4.21. The number of aromatic nitrogens is 2. The molecule has 5 nitrogen and oxygen atoms in total. The van der Waals surface area contributed by atoms with Gasteiger partial charge < -0.3 is 5.32 Å². The summed E-state index contributed by atoms with van der Waals surface area (Å²) < 4.78 is 27.5.